The van der Waals surface area contributed by atoms with Gasteiger partial charge in [0, 0.05) is 50.5 Å². The van der Waals surface area contributed by atoms with Gasteiger partial charge in [-0.15, -0.1) is 0 Å². The van der Waals surface area contributed by atoms with E-state index >= 15 is 0 Å². The molecule has 6 heteroatoms. The van der Waals surface area contributed by atoms with Crippen molar-refractivity contribution in [1.29, 1.82) is 0 Å². The molecule has 4 rings (SSSR count). The van der Waals surface area contributed by atoms with E-state index < -0.39 is 0 Å². The number of anilines is 1. The zero-order chi connectivity index (χ0) is 18.8. The number of piperazine rings is 1. The average Bonchev–Trinajstić information content (AvgIpc) is 2.70. The highest BCUT2D eigenvalue weighted by atomic mass is 35.5. The van der Waals surface area contributed by atoms with Crippen LogP contribution in [0.1, 0.15) is 11.1 Å². The minimum absolute atomic E-state index is 0.541. The summed E-state index contributed by atoms with van der Waals surface area (Å²) in [5, 5.41) is 1.70. The molecule has 140 valence electrons. The van der Waals surface area contributed by atoms with Crippen LogP contribution in [0.3, 0.4) is 0 Å². The SMILES string of the molecule is COc1cccc2c(N3CCN(Cc4ccc(Cl)nc4)CC3)c(C)cnc12. The van der Waals surface area contributed by atoms with E-state index in [9.17, 15) is 0 Å². The Morgan fingerprint density at radius 2 is 1.85 bits per heavy atom. The maximum Gasteiger partial charge on any atom is 0.145 e. The second-order valence-corrected chi connectivity index (χ2v) is 7.29. The molecule has 0 atom stereocenters. The lowest BCUT2D eigenvalue weighted by atomic mass is 10.1. The molecule has 0 N–H and O–H groups in total. The number of halogens is 1. The Kier molecular flexibility index (Phi) is 5.14. The van der Waals surface area contributed by atoms with Crippen molar-refractivity contribution in [2.75, 3.05) is 38.2 Å². The van der Waals surface area contributed by atoms with Gasteiger partial charge in [-0.3, -0.25) is 9.88 Å². The first-order valence-electron chi connectivity index (χ1n) is 9.16. The van der Waals surface area contributed by atoms with Crippen LogP contribution in [0.4, 0.5) is 5.69 Å². The van der Waals surface area contributed by atoms with E-state index in [1.165, 1.54) is 16.8 Å². The van der Waals surface area contributed by atoms with Crippen LogP contribution >= 0.6 is 11.6 Å². The first-order chi connectivity index (χ1) is 13.2. The monoisotopic (exact) mass is 382 g/mol. The fourth-order valence-corrected chi connectivity index (χ4v) is 3.87. The topological polar surface area (TPSA) is 41.5 Å². The lowest BCUT2D eigenvalue weighted by Crippen LogP contribution is -2.46. The third-order valence-corrected chi connectivity index (χ3v) is 5.34. The van der Waals surface area contributed by atoms with Gasteiger partial charge in [-0.25, -0.2) is 4.98 Å². The molecule has 0 spiro atoms. The summed E-state index contributed by atoms with van der Waals surface area (Å²) in [6, 6.07) is 10.0. The summed E-state index contributed by atoms with van der Waals surface area (Å²) >= 11 is 5.88. The van der Waals surface area contributed by atoms with Gasteiger partial charge in [-0.2, -0.15) is 0 Å². The van der Waals surface area contributed by atoms with E-state index in [-0.39, 0.29) is 0 Å². The third kappa shape index (κ3) is 3.70. The number of methoxy groups -OCH3 is 1. The quantitative estimate of drug-likeness (QED) is 0.640. The summed E-state index contributed by atoms with van der Waals surface area (Å²) in [5.41, 5.74) is 4.59. The molecule has 5 nitrogen and oxygen atoms in total. The van der Waals surface area contributed by atoms with Crippen LogP contribution < -0.4 is 9.64 Å². The number of nitrogens with zero attached hydrogens (tertiary/aromatic N) is 4. The second kappa shape index (κ2) is 7.71. The highest BCUT2D eigenvalue weighted by molar-refractivity contribution is 6.29. The maximum atomic E-state index is 5.88. The normalized spacial score (nSPS) is 15.3. The summed E-state index contributed by atoms with van der Waals surface area (Å²) in [4.78, 5) is 13.7. The number of pyridine rings is 2. The first kappa shape index (κ1) is 18.0. The maximum absolute atomic E-state index is 5.88. The van der Waals surface area contributed by atoms with Crippen LogP contribution in [0.2, 0.25) is 5.15 Å². The number of para-hydroxylation sites is 1. The third-order valence-electron chi connectivity index (χ3n) is 5.12. The van der Waals surface area contributed by atoms with Gasteiger partial charge < -0.3 is 9.64 Å². The number of hydrogen-bond donors (Lipinski definition) is 0. The predicted octanol–water partition coefficient (Wildman–Crippen LogP) is 3.92. The fourth-order valence-electron chi connectivity index (χ4n) is 3.75. The molecule has 3 heterocycles. The van der Waals surface area contributed by atoms with Crippen molar-refractivity contribution in [1.82, 2.24) is 14.9 Å². The van der Waals surface area contributed by atoms with Gasteiger partial charge in [0.15, 0.2) is 0 Å². The zero-order valence-electron chi connectivity index (χ0n) is 15.7. The highest BCUT2D eigenvalue weighted by Crippen LogP contribution is 2.34. The van der Waals surface area contributed by atoms with Crippen molar-refractivity contribution < 1.29 is 4.74 Å². The Morgan fingerprint density at radius 1 is 1.04 bits per heavy atom. The van der Waals surface area contributed by atoms with Crippen molar-refractivity contribution in [3.05, 3.63) is 59.0 Å². The van der Waals surface area contributed by atoms with Crippen molar-refractivity contribution >= 4 is 28.2 Å². The molecular formula is C21H23ClN4O. The van der Waals surface area contributed by atoms with Crippen LogP contribution in [-0.4, -0.2) is 48.2 Å². The Bertz CT molecular complexity index is 937. The Labute approximate surface area is 164 Å². The van der Waals surface area contributed by atoms with Gasteiger partial charge in [-0.05, 0) is 30.2 Å². The number of aromatic nitrogens is 2. The summed E-state index contributed by atoms with van der Waals surface area (Å²) in [7, 11) is 1.69. The standard InChI is InChI=1S/C21H23ClN4O/c1-15-12-24-20-17(4-3-5-18(20)27-2)21(15)26-10-8-25(9-11-26)14-16-6-7-19(22)23-13-16/h3-7,12-13H,8-11,14H2,1-2H3. The molecule has 0 radical (unpaired) electrons. The van der Waals surface area contributed by atoms with Gasteiger partial charge in [-0.1, -0.05) is 29.8 Å². The minimum Gasteiger partial charge on any atom is -0.494 e. The Balaban J connectivity index is 1.53. The zero-order valence-corrected chi connectivity index (χ0v) is 16.4. The van der Waals surface area contributed by atoms with Gasteiger partial charge >= 0.3 is 0 Å². The molecule has 0 aliphatic carbocycles. The minimum atomic E-state index is 0.541. The molecule has 1 aliphatic rings. The molecule has 3 aromatic rings. The van der Waals surface area contributed by atoms with E-state index in [1.54, 1.807) is 7.11 Å². The molecular weight excluding hydrogens is 360 g/mol. The van der Waals surface area contributed by atoms with Crippen LogP contribution in [0.15, 0.2) is 42.7 Å². The van der Waals surface area contributed by atoms with Crippen LogP contribution in [0.5, 0.6) is 5.75 Å². The van der Waals surface area contributed by atoms with E-state index in [2.05, 4.69) is 38.8 Å². The van der Waals surface area contributed by atoms with E-state index in [0.29, 0.717) is 5.15 Å². The molecule has 1 aliphatic heterocycles. The lowest BCUT2D eigenvalue weighted by Gasteiger charge is -2.37. The van der Waals surface area contributed by atoms with Crippen LogP contribution in [-0.2, 0) is 6.54 Å². The largest absolute Gasteiger partial charge is 0.494 e. The molecule has 0 saturated carbocycles. The number of fused-ring (bicyclic) bond motifs is 1. The average molecular weight is 383 g/mol. The van der Waals surface area contributed by atoms with E-state index in [0.717, 1.165) is 49.4 Å². The number of benzene rings is 1. The van der Waals surface area contributed by atoms with Gasteiger partial charge in [0.25, 0.3) is 0 Å². The summed E-state index contributed by atoms with van der Waals surface area (Å²) < 4.78 is 5.50. The molecule has 1 aromatic carbocycles. The van der Waals surface area contributed by atoms with Crippen molar-refractivity contribution in [3.8, 4) is 5.75 Å². The number of hydrogen-bond acceptors (Lipinski definition) is 5. The Hall–Kier alpha value is -2.37. The van der Waals surface area contributed by atoms with Crippen LogP contribution in [0, 0.1) is 6.92 Å². The smallest absolute Gasteiger partial charge is 0.145 e. The fraction of sp³-hybridized carbons (Fsp3) is 0.333. The van der Waals surface area contributed by atoms with Crippen molar-refractivity contribution in [3.63, 3.8) is 0 Å². The molecule has 1 saturated heterocycles. The summed E-state index contributed by atoms with van der Waals surface area (Å²) in [6.07, 6.45) is 3.81. The summed E-state index contributed by atoms with van der Waals surface area (Å²) in [6.45, 7) is 7.02. The second-order valence-electron chi connectivity index (χ2n) is 6.90. The number of aryl methyl sites for hydroxylation is 1. The molecule has 0 bridgehead atoms. The molecule has 0 unspecified atom stereocenters. The molecule has 2 aromatic heterocycles. The van der Waals surface area contributed by atoms with Gasteiger partial charge in [0.05, 0.1) is 12.8 Å². The van der Waals surface area contributed by atoms with Gasteiger partial charge in [0.1, 0.15) is 16.4 Å². The number of ether oxygens (including phenoxy) is 1. The first-order valence-corrected chi connectivity index (χ1v) is 9.53. The van der Waals surface area contributed by atoms with E-state index in [1.807, 2.05) is 30.6 Å². The molecule has 0 amide bonds. The van der Waals surface area contributed by atoms with Crippen LogP contribution in [0.25, 0.3) is 10.9 Å². The summed E-state index contributed by atoms with van der Waals surface area (Å²) in [5.74, 6) is 0.822. The highest BCUT2D eigenvalue weighted by Gasteiger charge is 2.21. The molecule has 1 fully saturated rings. The lowest BCUT2D eigenvalue weighted by molar-refractivity contribution is 0.249. The van der Waals surface area contributed by atoms with Gasteiger partial charge in [0.2, 0.25) is 0 Å². The Morgan fingerprint density at radius 3 is 2.56 bits per heavy atom. The predicted molar refractivity (Wildman–Crippen MR) is 110 cm³/mol. The van der Waals surface area contributed by atoms with Crippen molar-refractivity contribution in [2.45, 2.75) is 13.5 Å². The molecule has 27 heavy (non-hydrogen) atoms. The van der Waals surface area contributed by atoms with Crippen molar-refractivity contribution in [2.24, 2.45) is 0 Å². The van der Waals surface area contributed by atoms with E-state index in [4.69, 9.17) is 16.3 Å². The number of rotatable bonds is 4.